The normalized spacial score (nSPS) is 9.20. The van der Waals surface area contributed by atoms with Gasteiger partial charge in [0.05, 0.1) is 5.02 Å². The average Bonchev–Trinajstić information content (AvgIpc) is 2.21. The fourth-order valence-electron chi connectivity index (χ4n) is 0.818. The van der Waals surface area contributed by atoms with E-state index in [2.05, 4.69) is 4.99 Å². The van der Waals surface area contributed by atoms with Gasteiger partial charge < -0.3 is 4.74 Å². The molecule has 15 heavy (non-hydrogen) atoms. The van der Waals surface area contributed by atoms with Crippen molar-refractivity contribution in [3.63, 3.8) is 0 Å². The molecule has 0 radical (unpaired) electrons. The lowest BCUT2D eigenvalue weighted by Gasteiger charge is -2.05. The number of aliphatic imine (C=N–C) groups is 1. The Bertz CT molecular complexity index is 427. The van der Waals surface area contributed by atoms with Gasteiger partial charge in [0.15, 0.2) is 6.61 Å². The fraction of sp³-hybridized carbons (Fsp3) is 0.111. The summed E-state index contributed by atoms with van der Waals surface area (Å²) in [4.78, 5) is 23.4. The van der Waals surface area contributed by atoms with Gasteiger partial charge in [-0.25, -0.2) is 4.79 Å². The maximum absolute atomic E-state index is 10.8. The van der Waals surface area contributed by atoms with E-state index in [-0.39, 0.29) is 17.4 Å². The Kier molecular flexibility index (Phi) is 4.31. The van der Waals surface area contributed by atoms with Crippen LogP contribution in [0, 0.1) is 0 Å². The van der Waals surface area contributed by atoms with Crippen LogP contribution in [0.1, 0.15) is 0 Å². The minimum absolute atomic E-state index is 0.210. The molecule has 0 unspecified atom stereocenters. The molecule has 1 aromatic carbocycles. The van der Waals surface area contributed by atoms with E-state index >= 15 is 0 Å². The Balaban J connectivity index is 2.69. The van der Waals surface area contributed by atoms with Gasteiger partial charge >= 0.3 is 0 Å². The number of rotatable bonds is 3. The number of hydrogen-bond donors (Lipinski definition) is 0. The average molecular weight is 246 g/mol. The van der Waals surface area contributed by atoms with Gasteiger partial charge in [0.1, 0.15) is 10.8 Å². The summed E-state index contributed by atoms with van der Waals surface area (Å²) < 4.78 is 4.99. The zero-order chi connectivity index (χ0) is 11.3. The second-order valence-corrected chi connectivity index (χ2v) is 3.22. The standard InChI is InChI=1S/C9H5Cl2NO3/c10-6-2-1-3-7(9(6)11)15-4-8(14)12-5-13/h1-3H,4H2. The Hall–Kier alpha value is -1.35. The Morgan fingerprint density at radius 2 is 2.20 bits per heavy atom. The van der Waals surface area contributed by atoms with Crippen molar-refractivity contribution in [1.29, 1.82) is 0 Å². The highest BCUT2D eigenvalue weighted by atomic mass is 35.5. The molecule has 0 saturated carbocycles. The van der Waals surface area contributed by atoms with Crippen LogP contribution in [0.4, 0.5) is 0 Å². The van der Waals surface area contributed by atoms with Crippen molar-refractivity contribution in [2.45, 2.75) is 0 Å². The highest BCUT2D eigenvalue weighted by molar-refractivity contribution is 6.42. The highest BCUT2D eigenvalue weighted by Gasteiger charge is 2.07. The molecule has 0 bridgehead atoms. The zero-order valence-corrected chi connectivity index (χ0v) is 8.88. The molecule has 4 nitrogen and oxygen atoms in total. The molecule has 0 fully saturated rings. The van der Waals surface area contributed by atoms with Crippen molar-refractivity contribution in [1.82, 2.24) is 0 Å². The Labute approximate surface area is 95.5 Å². The van der Waals surface area contributed by atoms with Gasteiger partial charge in [0.25, 0.3) is 5.91 Å². The van der Waals surface area contributed by atoms with E-state index in [9.17, 15) is 9.59 Å². The van der Waals surface area contributed by atoms with Crippen molar-refractivity contribution >= 4 is 35.2 Å². The van der Waals surface area contributed by atoms with E-state index in [4.69, 9.17) is 27.9 Å². The van der Waals surface area contributed by atoms with Crippen LogP contribution in [0.25, 0.3) is 0 Å². The second-order valence-electron chi connectivity index (χ2n) is 2.44. The molecule has 78 valence electrons. The highest BCUT2D eigenvalue weighted by Crippen LogP contribution is 2.31. The van der Waals surface area contributed by atoms with Crippen LogP contribution in [0.15, 0.2) is 23.2 Å². The molecule has 1 rings (SSSR count). The molecule has 1 amide bonds. The lowest BCUT2D eigenvalue weighted by atomic mass is 10.3. The summed E-state index contributed by atoms with van der Waals surface area (Å²) in [6.07, 6.45) is 1.12. The Morgan fingerprint density at radius 1 is 1.47 bits per heavy atom. The van der Waals surface area contributed by atoms with E-state index in [1.54, 1.807) is 18.2 Å². The van der Waals surface area contributed by atoms with E-state index in [0.29, 0.717) is 5.02 Å². The quantitative estimate of drug-likeness (QED) is 0.607. The molecule has 0 saturated heterocycles. The molecule has 1 aromatic rings. The van der Waals surface area contributed by atoms with E-state index in [1.165, 1.54) is 0 Å². The van der Waals surface area contributed by atoms with Gasteiger partial charge in [-0.15, -0.1) is 4.99 Å². The van der Waals surface area contributed by atoms with Crippen LogP contribution >= 0.6 is 23.2 Å². The molecular formula is C9H5Cl2NO3. The van der Waals surface area contributed by atoms with Crippen molar-refractivity contribution in [2.75, 3.05) is 6.61 Å². The molecule has 6 heteroatoms. The van der Waals surface area contributed by atoms with Gasteiger partial charge in [0.2, 0.25) is 6.08 Å². The first kappa shape index (κ1) is 11.7. The van der Waals surface area contributed by atoms with Crippen LogP contribution in [0.5, 0.6) is 5.75 Å². The maximum atomic E-state index is 10.8. The third-order valence-corrected chi connectivity index (χ3v) is 2.24. The maximum Gasteiger partial charge on any atom is 0.294 e. The summed E-state index contributed by atoms with van der Waals surface area (Å²) in [5.41, 5.74) is 0. The minimum Gasteiger partial charge on any atom is -0.482 e. The van der Waals surface area contributed by atoms with Crippen molar-refractivity contribution < 1.29 is 14.3 Å². The van der Waals surface area contributed by atoms with Crippen molar-refractivity contribution in [3.05, 3.63) is 28.2 Å². The molecule has 0 atom stereocenters. The zero-order valence-electron chi connectivity index (χ0n) is 7.37. The Morgan fingerprint density at radius 3 is 2.87 bits per heavy atom. The van der Waals surface area contributed by atoms with Crippen LogP contribution in [0.2, 0.25) is 10.0 Å². The molecule has 0 heterocycles. The minimum atomic E-state index is -0.735. The van der Waals surface area contributed by atoms with Crippen LogP contribution in [-0.4, -0.2) is 18.6 Å². The van der Waals surface area contributed by atoms with Crippen LogP contribution in [0.3, 0.4) is 0 Å². The number of hydrogen-bond acceptors (Lipinski definition) is 3. The lowest BCUT2D eigenvalue weighted by molar-refractivity contribution is -0.119. The predicted molar refractivity (Wildman–Crippen MR) is 55.1 cm³/mol. The fourth-order valence-corrected chi connectivity index (χ4v) is 1.16. The molecule has 0 aliphatic carbocycles. The van der Waals surface area contributed by atoms with Crippen molar-refractivity contribution in [2.24, 2.45) is 4.99 Å². The summed E-state index contributed by atoms with van der Waals surface area (Å²) in [5, 5.41) is 0.530. The van der Waals surface area contributed by atoms with Gasteiger partial charge in [-0.3, -0.25) is 4.79 Å². The molecule has 0 aromatic heterocycles. The summed E-state index contributed by atoms with van der Waals surface area (Å²) in [7, 11) is 0. The first-order valence-electron chi connectivity index (χ1n) is 3.82. The SMILES string of the molecule is O=C=NC(=O)COc1cccc(Cl)c1Cl. The number of carbonyl (C=O) groups is 1. The first-order chi connectivity index (χ1) is 7.15. The summed E-state index contributed by atoms with van der Waals surface area (Å²) in [6, 6.07) is 4.76. The third kappa shape index (κ3) is 3.36. The molecule has 0 N–H and O–H groups in total. The second kappa shape index (κ2) is 5.51. The third-order valence-electron chi connectivity index (χ3n) is 1.44. The number of halogens is 2. The number of carbonyl (C=O) groups excluding carboxylic acids is 2. The van der Waals surface area contributed by atoms with Gasteiger partial charge in [-0.2, -0.15) is 0 Å². The predicted octanol–water partition coefficient (Wildman–Crippen LogP) is 2.23. The summed E-state index contributed by atoms with van der Waals surface area (Å²) in [6.45, 7) is -0.380. The lowest BCUT2D eigenvalue weighted by Crippen LogP contribution is -2.08. The molecule has 0 spiro atoms. The van der Waals surface area contributed by atoms with Gasteiger partial charge in [-0.05, 0) is 12.1 Å². The smallest absolute Gasteiger partial charge is 0.294 e. The van der Waals surface area contributed by atoms with E-state index in [0.717, 1.165) is 6.08 Å². The summed E-state index contributed by atoms with van der Waals surface area (Å²) >= 11 is 11.5. The van der Waals surface area contributed by atoms with Gasteiger partial charge in [-0.1, -0.05) is 29.3 Å². The number of ether oxygens (including phenoxy) is 1. The van der Waals surface area contributed by atoms with Crippen LogP contribution < -0.4 is 4.74 Å². The molecule has 0 aliphatic rings. The number of benzene rings is 1. The van der Waals surface area contributed by atoms with Crippen molar-refractivity contribution in [3.8, 4) is 5.75 Å². The largest absolute Gasteiger partial charge is 0.482 e. The van der Waals surface area contributed by atoms with E-state index in [1.807, 2.05) is 0 Å². The first-order valence-corrected chi connectivity index (χ1v) is 4.58. The number of isocyanates is 1. The number of amides is 1. The topological polar surface area (TPSA) is 55.7 Å². The number of nitrogens with zero attached hydrogens (tertiary/aromatic N) is 1. The van der Waals surface area contributed by atoms with Gasteiger partial charge in [0, 0.05) is 0 Å². The molecule has 0 aliphatic heterocycles. The van der Waals surface area contributed by atoms with Crippen LogP contribution in [-0.2, 0) is 9.59 Å². The molecular weight excluding hydrogens is 241 g/mol. The summed E-state index contributed by atoms with van der Waals surface area (Å²) in [5.74, 6) is -0.473. The monoisotopic (exact) mass is 245 g/mol. The van der Waals surface area contributed by atoms with E-state index < -0.39 is 5.91 Å².